The van der Waals surface area contributed by atoms with Crippen LogP contribution in [0.15, 0.2) is 30.6 Å². The second kappa shape index (κ2) is 8.19. The first-order chi connectivity index (χ1) is 10.8. The lowest BCUT2D eigenvalue weighted by molar-refractivity contribution is -0.131. The molecule has 0 spiro atoms. The number of imidazole rings is 1. The molecular formula is C17H24Cl2N4O. The summed E-state index contributed by atoms with van der Waals surface area (Å²) in [4.78, 5) is 19.0. The van der Waals surface area contributed by atoms with Gasteiger partial charge in [-0.05, 0) is 31.4 Å². The Balaban J connectivity index is 0.00000104. The van der Waals surface area contributed by atoms with Crippen LogP contribution in [0.25, 0.3) is 11.0 Å². The van der Waals surface area contributed by atoms with Crippen molar-refractivity contribution in [3.63, 3.8) is 0 Å². The first-order valence-corrected chi connectivity index (χ1v) is 8.23. The number of aromatic nitrogens is 2. The Morgan fingerprint density at radius 3 is 2.83 bits per heavy atom. The van der Waals surface area contributed by atoms with Crippen LogP contribution in [0.2, 0.25) is 0 Å². The number of nitrogens with one attached hydrogen (secondary N) is 1. The van der Waals surface area contributed by atoms with Crippen molar-refractivity contribution in [1.82, 2.24) is 19.8 Å². The van der Waals surface area contributed by atoms with Crippen molar-refractivity contribution in [2.24, 2.45) is 0 Å². The van der Waals surface area contributed by atoms with Crippen molar-refractivity contribution in [2.75, 3.05) is 13.1 Å². The van der Waals surface area contributed by atoms with Crippen molar-refractivity contribution in [2.45, 2.75) is 44.3 Å². The van der Waals surface area contributed by atoms with E-state index in [1.54, 1.807) is 0 Å². The van der Waals surface area contributed by atoms with Gasteiger partial charge in [0, 0.05) is 38.1 Å². The van der Waals surface area contributed by atoms with E-state index in [4.69, 9.17) is 0 Å². The van der Waals surface area contributed by atoms with Gasteiger partial charge in [0.1, 0.15) is 0 Å². The largest absolute Gasteiger partial charge is 0.341 e. The maximum absolute atomic E-state index is 12.5. The normalized spacial score (nSPS) is 22.6. The summed E-state index contributed by atoms with van der Waals surface area (Å²) in [6.07, 6.45) is 5.96. The number of benzene rings is 1. The standard InChI is InChI=1S/C17H22N4O.2ClH/c22-17(20-9-7-13-5-6-14(11-20)19-13)8-10-21-12-18-15-3-1-2-4-16(15)21;;/h1-4,12-14,19H,5-11H2;2*1H. The molecule has 0 radical (unpaired) electrons. The van der Waals surface area contributed by atoms with Crippen LogP contribution in [0.5, 0.6) is 0 Å². The highest BCUT2D eigenvalue weighted by Gasteiger charge is 2.30. The van der Waals surface area contributed by atoms with Crippen LogP contribution in [0.4, 0.5) is 0 Å². The van der Waals surface area contributed by atoms with Gasteiger partial charge in [0.15, 0.2) is 0 Å². The molecule has 5 nitrogen and oxygen atoms in total. The SMILES string of the molecule is Cl.Cl.O=C(CCn1cnc2ccccc21)N1CCC2CCC(C1)N2. The van der Waals surface area contributed by atoms with E-state index in [-0.39, 0.29) is 30.7 Å². The van der Waals surface area contributed by atoms with E-state index in [1.165, 1.54) is 12.8 Å². The summed E-state index contributed by atoms with van der Waals surface area (Å²) in [5, 5.41) is 3.62. The predicted molar refractivity (Wildman–Crippen MR) is 100.0 cm³/mol. The fraction of sp³-hybridized carbons (Fsp3) is 0.529. The molecule has 2 aliphatic rings. The number of para-hydroxylation sites is 2. The van der Waals surface area contributed by atoms with Gasteiger partial charge in [-0.25, -0.2) is 4.98 Å². The van der Waals surface area contributed by atoms with E-state index in [0.29, 0.717) is 25.0 Å². The molecule has 0 aliphatic carbocycles. The first kappa shape index (κ1) is 19.0. The summed E-state index contributed by atoms with van der Waals surface area (Å²) in [6.45, 7) is 2.48. The average molecular weight is 371 g/mol. The molecule has 2 fully saturated rings. The number of nitrogens with zero attached hydrogens (tertiary/aromatic N) is 3. The Labute approximate surface area is 154 Å². The number of halogens is 2. The molecule has 0 saturated carbocycles. The van der Waals surface area contributed by atoms with E-state index in [0.717, 1.165) is 30.5 Å². The Hall–Kier alpha value is -1.30. The Kier molecular flexibility index (Phi) is 6.49. The van der Waals surface area contributed by atoms with Crippen molar-refractivity contribution in [1.29, 1.82) is 0 Å². The van der Waals surface area contributed by atoms with Crippen LogP contribution in [0.1, 0.15) is 25.7 Å². The van der Waals surface area contributed by atoms with Gasteiger partial charge in [-0.1, -0.05) is 12.1 Å². The molecule has 2 atom stereocenters. The van der Waals surface area contributed by atoms with E-state index in [1.807, 2.05) is 24.5 Å². The number of amides is 1. The van der Waals surface area contributed by atoms with E-state index in [9.17, 15) is 4.79 Å². The summed E-state index contributed by atoms with van der Waals surface area (Å²) in [6, 6.07) is 9.20. The molecule has 132 valence electrons. The Morgan fingerprint density at radius 2 is 1.96 bits per heavy atom. The number of carbonyl (C=O) groups excluding carboxylic acids is 1. The van der Waals surface area contributed by atoms with Crippen LogP contribution in [-0.4, -0.2) is 45.5 Å². The Bertz CT molecular complexity index is 690. The molecule has 2 unspecified atom stereocenters. The number of likely N-dealkylation sites (tertiary alicyclic amines) is 1. The summed E-state index contributed by atoms with van der Waals surface area (Å²) in [5.74, 6) is 0.270. The average Bonchev–Trinajstić information content (AvgIpc) is 3.08. The molecule has 1 amide bonds. The highest BCUT2D eigenvalue weighted by molar-refractivity contribution is 5.85. The third-order valence-electron chi connectivity index (χ3n) is 4.97. The zero-order valence-electron chi connectivity index (χ0n) is 13.6. The quantitative estimate of drug-likeness (QED) is 0.903. The van der Waals surface area contributed by atoms with Gasteiger partial charge in [-0.2, -0.15) is 0 Å². The minimum atomic E-state index is 0. The van der Waals surface area contributed by atoms with E-state index < -0.39 is 0 Å². The first-order valence-electron chi connectivity index (χ1n) is 8.23. The van der Waals surface area contributed by atoms with Crippen LogP contribution in [0, 0.1) is 0 Å². The molecule has 2 saturated heterocycles. The van der Waals surface area contributed by atoms with Crippen molar-refractivity contribution in [3.8, 4) is 0 Å². The zero-order valence-corrected chi connectivity index (χ0v) is 15.2. The van der Waals surface area contributed by atoms with Crippen LogP contribution in [0.3, 0.4) is 0 Å². The molecule has 24 heavy (non-hydrogen) atoms. The van der Waals surface area contributed by atoms with Gasteiger partial charge < -0.3 is 14.8 Å². The van der Waals surface area contributed by atoms with Gasteiger partial charge in [0.05, 0.1) is 17.4 Å². The van der Waals surface area contributed by atoms with Crippen molar-refractivity contribution < 1.29 is 4.79 Å². The van der Waals surface area contributed by atoms with Gasteiger partial charge in [-0.3, -0.25) is 4.79 Å². The molecule has 2 aromatic rings. The Morgan fingerprint density at radius 1 is 1.17 bits per heavy atom. The molecule has 4 rings (SSSR count). The second-order valence-electron chi connectivity index (χ2n) is 6.44. The summed E-state index contributed by atoms with van der Waals surface area (Å²) < 4.78 is 2.08. The number of hydrogen-bond acceptors (Lipinski definition) is 3. The van der Waals surface area contributed by atoms with Gasteiger partial charge >= 0.3 is 0 Å². The number of fused-ring (bicyclic) bond motifs is 3. The van der Waals surface area contributed by atoms with Gasteiger partial charge in [0.2, 0.25) is 5.91 Å². The molecule has 1 aromatic carbocycles. The van der Waals surface area contributed by atoms with Gasteiger partial charge in [-0.15, -0.1) is 24.8 Å². The third-order valence-corrected chi connectivity index (χ3v) is 4.97. The molecule has 1 aromatic heterocycles. The zero-order chi connectivity index (χ0) is 14.9. The summed E-state index contributed by atoms with van der Waals surface area (Å²) in [7, 11) is 0. The minimum Gasteiger partial charge on any atom is -0.341 e. The number of hydrogen-bond donors (Lipinski definition) is 1. The fourth-order valence-electron chi connectivity index (χ4n) is 3.73. The van der Waals surface area contributed by atoms with Crippen LogP contribution < -0.4 is 5.32 Å². The molecule has 7 heteroatoms. The third kappa shape index (κ3) is 3.85. The molecule has 2 aliphatic heterocycles. The molecule has 3 heterocycles. The minimum absolute atomic E-state index is 0. The summed E-state index contributed by atoms with van der Waals surface area (Å²) >= 11 is 0. The lowest BCUT2D eigenvalue weighted by Gasteiger charge is -2.24. The lowest BCUT2D eigenvalue weighted by Crippen LogP contribution is -2.39. The van der Waals surface area contributed by atoms with E-state index >= 15 is 0 Å². The fourth-order valence-corrected chi connectivity index (χ4v) is 3.73. The highest BCUT2D eigenvalue weighted by atomic mass is 35.5. The lowest BCUT2D eigenvalue weighted by atomic mass is 10.1. The van der Waals surface area contributed by atoms with Crippen molar-refractivity contribution >= 4 is 41.8 Å². The smallest absolute Gasteiger partial charge is 0.224 e. The monoisotopic (exact) mass is 370 g/mol. The van der Waals surface area contributed by atoms with Crippen LogP contribution in [-0.2, 0) is 11.3 Å². The maximum Gasteiger partial charge on any atom is 0.224 e. The molecule has 1 N–H and O–H groups in total. The molecule has 2 bridgehead atoms. The second-order valence-corrected chi connectivity index (χ2v) is 6.44. The number of rotatable bonds is 3. The summed E-state index contributed by atoms with van der Waals surface area (Å²) in [5.41, 5.74) is 2.10. The number of aryl methyl sites for hydroxylation is 1. The van der Waals surface area contributed by atoms with Crippen molar-refractivity contribution in [3.05, 3.63) is 30.6 Å². The topological polar surface area (TPSA) is 50.2 Å². The van der Waals surface area contributed by atoms with Gasteiger partial charge in [0.25, 0.3) is 0 Å². The predicted octanol–water partition coefficient (Wildman–Crippen LogP) is 2.62. The van der Waals surface area contributed by atoms with Crippen LogP contribution >= 0.6 is 24.8 Å². The maximum atomic E-state index is 12.5. The highest BCUT2D eigenvalue weighted by Crippen LogP contribution is 2.21. The van der Waals surface area contributed by atoms with E-state index in [2.05, 4.69) is 25.8 Å². The molecular weight excluding hydrogens is 347 g/mol. The number of carbonyl (C=O) groups is 1.